The van der Waals surface area contributed by atoms with E-state index < -0.39 is 0 Å². The predicted molar refractivity (Wildman–Crippen MR) is 81.1 cm³/mol. The smallest absolute Gasteiger partial charge is 0.145 e. The molecule has 1 heterocycles. The zero-order chi connectivity index (χ0) is 14.1. The summed E-state index contributed by atoms with van der Waals surface area (Å²) >= 11 is 6.67. The van der Waals surface area contributed by atoms with Crippen molar-refractivity contribution in [1.82, 2.24) is 4.98 Å². The normalized spacial score (nSPS) is 14.8. The fourth-order valence-electron chi connectivity index (χ4n) is 2.92. The SMILES string of the molecule is COc1ccc(OC)c2c(Cl)c3c(nc12)CCCCC3. The summed E-state index contributed by atoms with van der Waals surface area (Å²) in [5.74, 6) is 1.50. The molecule has 4 heteroatoms. The van der Waals surface area contributed by atoms with Gasteiger partial charge in [-0.1, -0.05) is 18.0 Å². The minimum absolute atomic E-state index is 0.745. The van der Waals surface area contributed by atoms with Gasteiger partial charge < -0.3 is 9.47 Å². The van der Waals surface area contributed by atoms with E-state index in [1.165, 1.54) is 24.8 Å². The Labute approximate surface area is 123 Å². The van der Waals surface area contributed by atoms with Crippen molar-refractivity contribution < 1.29 is 9.47 Å². The van der Waals surface area contributed by atoms with Crippen LogP contribution in [-0.4, -0.2) is 19.2 Å². The summed E-state index contributed by atoms with van der Waals surface area (Å²) in [5.41, 5.74) is 3.10. The molecule has 0 saturated heterocycles. The molecule has 0 unspecified atom stereocenters. The average molecular weight is 292 g/mol. The van der Waals surface area contributed by atoms with Gasteiger partial charge in [0.05, 0.1) is 24.6 Å². The number of nitrogens with zero attached hydrogens (tertiary/aromatic N) is 1. The van der Waals surface area contributed by atoms with Gasteiger partial charge >= 0.3 is 0 Å². The number of aryl methyl sites for hydroxylation is 1. The number of benzene rings is 1. The Morgan fingerprint density at radius 2 is 1.70 bits per heavy atom. The Hall–Kier alpha value is -1.48. The van der Waals surface area contributed by atoms with Crippen molar-refractivity contribution in [2.75, 3.05) is 14.2 Å². The molecule has 2 aromatic rings. The number of aromatic nitrogens is 1. The van der Waals surface area contributed by atoms with E-state index in [0.29, 0.717) is 0 Å². The van der Waals surface area contributed by atoms with Gasteiger partial charge in [-0.25, -0.2) is 4.98 Å². The zero-order valence-corrected chi connectivity index (χ0v) is 12.6. The van der Waals surface area contributed by atoms with Gasteiger partial charge in [0.1, 0.15) is 17.0 Å². The van der Waals surface area contributed by atoms with E-state index in [9.17, 15) is 0 Å². The summed E-state index contributed by atoms with van der Waals surface area (Å²) < 4.78 is 10.9. The van der Waals surface area contributed by atoms with Gasteiger partial charge in [-0.05, 0) is 43.4 Å². The second kappa shape index (κ2) is 5.49. The second-order valence-electron chi connectivity index (χ2n) is 5.11. The molecule has 1 aliphatic rings. The standard InChI is InChI=1S/C16H18ClNO2/c1-19-12-8-9-13(20-2)16-14(12)15(17)10-6-4-3-5-7-11(10)18-16/h8-9H,3-7H2,1-2H3. The van der Waals surface area contributed by atoms with Crippen LogP contribution in [0.25, 0.3) is 10.9 Å². The van der Waals surface area contributed by atoms with Crippen molar-refractivity contribution >= 4 is 22.5 Å². The van der Waals surface area contributed by atoms with E-state index in [1.807, 2.05) is 12.1 Å². The Morgan fingerprint density at radius 3 is 2.45 bits per heavy atom. The van der Waals surface area contributed by atoms with Gasteiger partial charge in [0.15, 0.2) is 0 Å². The lowest BCUT2D eigenvalue weighted by molar-refractivity contribution is 0.409. The molecular weight excluding hydrogens is 274 g/mol. The van der Waals surface area contributed by atoms with Gasteiger partial charge in [0, 0.05) is 5.69 Å². The Kier molecular flexibility index (Phi) is 3.70. The summed E-state index contributed by atoms with van der Waals surface area (Å²) in [5, 5.41) is 1.65. The molecule has 106 valence electrons. The lowest BCUT2D eigenvalue weighted by Gasteiger charge is -2.15. The minimum atomic E-state index is 0.745. The zero-order valence-electron chi connectivity index (χ0n) is 11.8. The summed E-state index contributed by atoms with van der Waals surface area (Å²) in [4.78, 5) is 4.83. The molecule has 1 aliphatic carbocycles. The van der Waals surface area contributed by atoms with Crippen LogP contribution in [-0.2, 0) is 12.8 Å². The molecule has 0 saturated carbocycles. The van der Waals surface area contributed by atoms with Crippen LogP contribution in [0, 0.1) is 0 Å². The van der Waals surface area contributed by atoms with Gasteiger partial charge in [-0.3, -0.25) is 0 Å². The van der Waals surface area contributed by atoms with Crippen LogP contribution < -0.4 is 9.47 Å². The Balaban J connectivity index is 2.36. The van der Waals surface area contributed by atoms with Crippen LogP contribution in [0.4, 0.5) is 0 Å². The van der Waals surface area contributed by atoms with E-state index in [1.54, 1.807) is 14.2 Å². The maximum atomic E-state index is 6.67. The molecular formula is C16H18ClNO2. The van der Waals surface area contributed by atoms with Crippen LogP contribution in [0.15, 0.2) is 12.1 Å². The number of hydrogen-bond acceptors (Lipinski definition) is 3. The highest BCUT2D eigenvalue weighted by molar-refractivity contribution is 6.37. The molecule has 0 aliphatic heterocycles. The third kappa shape index (κ3) is 2.10. The first kappa shape index (κ1) is 13.5. The van der Waals surface area contributed by atoms with Crippen molar-refractivity contribution in [3.63, 3.8) is 0 Å². The number of rotatable bonds is 2. The monoisotopic (exact) mass is 291 g/mol. The molecule has 1 aromatic carbocycles. The van der Waals surface area contributed by atoms with Gasteiger partial charge in [-0.15, -0.1) is 0 Å². The van der Waals surface area contributed by atoms with E-state index in [2.05, 4.69) is 0 Å². The first-order valence-electron chi connectivity index (χ1n) is 6.98. The van der Waals surface area contributed by atoms with Gasteiger partial charge in [0.2, 0.25) is 0 Å². The molecule has 3 rings (SSSR count). The van der Waals surface area contributed by atoms with Crippen LogP contribution >= 0.6 is 11.6 Å². The fourth-order valence-corrected chi connectivity index (χ4v) is 3.31. The maximum Gasteiger partial charge on any atom is 0.145 e. The van der Waals surface area contributed by atoms with E-state index in [0.717, 1.165) is 46.0 Å². The van der Waals surface area contributed by atoms with Crippen LogP contribution in [0.3, 0.4) is 0 Å². The number of pyridine rings is 1. The van der Waals surface area contributed by atoms with Gasteiger partial charge in [0.25, 0.3) is 0 Å². The molecule has 20 heavy (non-hydrogen) atoms. The second-order valence-corrected chi connectivity index (χ2v) is 5.48. The number of methoxy groups -OCH3 is 2. The molecule has 0 spiro atoms. The number of fused-ring (bicyclic) bond motifs is 2. The predicted octanol–water partition coefficient (Wildman–Crippen LogP) is 4.17. The minimum Gasteiger partial charge on any atom is -0.496 e. The quantitative estimate of drug-likeness (QED) is 0.778. The highest BCUT2D eigenvalue weighted by Gasteiger charge is 2.20. The number of ether oxygens (including phenoxy) is 2. The maximum absolute atomic E-state index is 6.67. The van der Waals surface area contributed by atoms with Crippen LogP contribution in [0.5, 0.6) is 11.5 Å². The molecule has 0 atom stereocenters. The Morgan fingerprint density at radius 1 is 1.00 bits per heavy atom. The molecule has 0 radical (unpaired) electrons. The summed E-state index contributed by atoms with van der Waals surface area (Å²) in [6.07, 6.45) is 5.57. The van der Waals surface area contributed by atoms with Crippen LogP contribution in [0.1, 0.15) is 30.5 Å². The highest BCUT2D eigenvalue weighted by Crippen LogP contribution is 2.40. The van der Waals surface area contributed by atoms with Crippen molar-refractivity contribution in [2.45, 2.75) is 32.1 Å². The van der Waals surface area contributed by atoms with Gasteiger partial charge in [-0.2, -0.15) is 0 Å². The molecule has 3 nitrogen and oxygen atoms in total. The third-order valence-electron chi connectivity index (χ3n) is 3.96. The lowest BCUT2D eigenvalue weighted by Crippen LogP contribution is -2.01. The number of halogens is 1. The van der Waals surface area contributed by atoms with E-state index in [-0.39, 0.29) is 0 Å². The topological polar surface area (TPSA) is 31.4 Å². The molecule has 1 aromatic heterocycles. The van der Waals surface area contributed by atoms with E-state index in [4.69, 9.17) is 26.1 Å². The van der Waals surface area contributed by atoms with Crippen LogP contribution in [0.2, 0.25) is 5.02 Å². The third-order valence-corrected chi connectivity index (χ3v) is 4.38. The fraction of sp³-hybridized carbons (Fsp3) is 0.438. The lowest BCUT2D eigenvalue weighted by atomic mass is 10.0. The summed E-state index contributed by atoms with van der Waals surface area (Å²) in [6, 6.07) is 3.77. The molecule has 0 fully saturated rings. The largest absolute Gasteiger partial charge is 0.496 e. The van der Waals surface area contributed by atoms with Crippen molar-refractivity contribution in [3.8, 4) is 11.5 Å². The van der Waals surface area contributed by atoms with Crippen molar-refractivity contribution in [2.24, 2.45) is 0 Å². The molecule has 0 N–H and O–H groups in total. The molecule has 0 bridgehead atoms. The molecule has 0 amide bonds. The number of hydrogen-bond donors (Lipinski definition) is 0. The van der Waals surface area contributed by atoms with Crippen molar-refractivity contribution in [3.05, 3.63) is 28.4 Å². The Bertz CT molecular complexity index is 655. The van der Waals surface area contributed by atoms with Crippen molar-refractivity contribution in [1.29, 1.82) is 0 Å². The summed E-state index contributed by atoms with van der Waals surface area (Å²) in [7, 11) is 3.31. The first-order chi connectivity index (χ1) is 9.76. The average Bonchev–Trinajstić information content (AvgIpc) is 2.72. The summed E-state index contributed by atoms with van der Waals surface area (Å²) in [6.45, 7) is 0. The highest BCUT2D eigenvalue weighted by atomic mass is 35.5. The van der Waals surface area contributed by atoms with E-state index >= 15 is 0 Å². The first-order valence-corrected chi connectivity index (χ1v) is 7.36.